The summed E-state index contributed by atoms with van der Waals surface area (Å²) in [5.74, 6) is 6.65. The second-order valence-corrected chi connectivity index (χ2v) is 5.24. The molecule has 0 heterocycles. The Morgan fingerprint density at radius 1 is 1.56 bits per heavy atom. The van der Waals surface area contributed by atoms with Gasteiger partial charge in [-0.3, -0.25) is 4.79 Å². The van der Waals surface area contributed by atoms with Crippen LogP contribution < -0.4 is 0 Å². The zero-order valence-electron chi connectivity index (χ0n) is 8.79. The monoisotopic (exact) mass is 298 g/mol. The number of halogens is 1. The van der Waals surface area contributed by atoms with Gasteiger partial charge in [0.25, 0.3) is 0 Å². The number of carbonyl (C=O) groups excluding carboxylic acids is 1. The second kappa shape index (κ2) is 6.62. The van der Waals surface area contributed by atoms with E-state index in [2.05, 4.69) is 27.8 Å². The number of rotatable bonds is 2. The van der Waals surface area contributed by atoms with Crippen molar-refractivity contribution in [3.63, 3.8) is 0 Å². The topological polar surface area (TPSA) is 37.3 Å². The lowest BCUT2D eigenvalue weighted by Gasteiger charge is -1.96. The number of hydrogen-bond donors (Lipinski definition) is 1. The van der Waals surface area contributed by atoms with Crippen molar-refractivity contribution in [2.45, 2.75) is 13.3 Å². The lowest BCUT2D eigenvalue weighted by Crippen LogP contribution is -1.84. The van der Waals surface area contributed by atoms with E-state index in [0.29, 0.717) is 17.7 Å². The minimum atomic E-state index is 0.105. The minimum Gasteiger partial charge on any atom is -0.507 e. The van der Waals surface area contributed by atoms with Crippen molar-refractivity contribution in [1.29, 1.82) is 0 Å². The van der Waals surface area contributed by atoms with E-state index < -0.39 is 0 Å². The van der Waals surface area contributed by atoms with E-state index >= 15 is 0 Å². The molecule has 0 aliphatic carbocycles. The van der Waals surface area contributed by atoms with Gasteiger partial charge in [0.15, 0.2) is 5.12 Å². The molecule has 1 aromatic carbocycles. The predicted molar refractivity (Wildman–Crippen MR) is 70.4 cm³/mol. The number of benzene rings is 1. The maximum Gasteiger partial charge on any atom is 0.185 e. The molecule has 0 fully saturated rings. The average molecular weight is 299 g/mol. The highest BCUT2D eigenvalue weighted by Gasteiger charge is 1.97. The Morgan fingerprint density at radius 2 is 2.31 bits per heavy atom. The largest absolute Gasteiger partial charge is 0.507 e. The fourth-order valence-electron chi connectivity index (χ4n) is 1.01. The van der Waals surface area contributed by atoms with Gasteiger partial charge in [0, 0.05) is 23.6 Å². The molecule has 0 aliphatic rings. The zero-order chi connectivity index (χ0) is 12.0. The molecule has 0 unspecified atom stereocenters. The molecule has 16 heavy (non-hydrogen) atoms. The summed E-state index contributed by atoms with van der Waals surface area (Å²) in [7, 11) is 0. The van der Waals surface area contributed by atoms with E-state index in [9.17, 15) is 9.90 Å². The Labute approximate surface area is 108 Å². The van der Waals surface area contributed by atoms with Crippen LogP contribution in [0, 0.1) is 11.8 Å². The number of hydrogen-bond acceptors (Lipinski definition) is 3. The van der Waals surface area contributed by atoms with Crippen molar-refractivity contribution in [2.75, 3.05) is 5.75 Å². The van der Waals surface area contributed by atoms with Crippen molar-refractivity contribution in [2.24, 2.45) is 0 Å². The van der Waals surface area contributed by atoms with E-state index in [4.69, 9.17) is 0 Å². The first-order valence-corrected chi connectivity index (χ1v) is 6.48. The van der Waals surface area contributed by atoms with Crippen LogP contribution in [0.15, 0.2) is 22.7 Å². The molecule has 0 atom stereocenters. The third-order valence-corrected chi connectivity index (χ3v) is 3.02. The standard InChI is InChI=1S/C12H11BrO2S/c1-9(14)16-7-3-2-4-10-5-6-11(13)8-12(10)15/h5-6,8,15H,3,7H2,1H3. The van der Waals surface area contributed by atoms with Crippen molar-refractivity contribution < 1.29 is 9.90 Å². The van der Waals surface area contributed by atoms with Crippen LogP contribution in [0.3, 0.4) is 0 Å². The molecule has 0 saturated heterocycles. The van der Waals surface area contributed by atoms with Gasteiger partial charge in [-0.1, -0.05) is 39.5 Å². The summed E-state index contributed by atoms with van der Waals surface area (Å²) in [5.41, 5.74) is 0.607. The van der Waals surface area contributed by atoms with Crippen LogP contribution in [-0.2, 0) is 4.79 Å². The quantitative estimate of drug-likeness (QED) is 0.673. The van der Waals surface area contributed by atoms with Crippen molar-refractivity contribution in [3.8, 4) is 17.6 Å². The molecule has 0 amide bonds. The molecule has 1 rings (SSSR count). The highest BCUT2D eigenvalue weighted by atomic mass is 79.9. The van der Waals surface area contributed by atoms with Crippen molar-refractivity contribution in [1.82, 2.24) is 0 Å². The zero-order valence-corrected chi connectivity index (χ0v) is 11.2. The summed E-state index contributed by atoms with van der Waals surface area (Å²) in [4.78, 5) is 10.6. The lowest BCUT2D eigenvalue weighted by molar-refractivity contribution is -0.109. The van der Waals surface area contributed by atoms with Gasteiger partial charge in [-0.25, -0.2) is 0 Å². The molecule has 0 saturated carbocycles. The molecule has 0 bridgehead atoms. The van der Waals surface area contributed by atoms with Gasteiger partial charge in [0.2, 0.25) is 0 Å². The summed E-state index contributed by atoms with van der Waals surface area (Å²) < 4.78 is 0.822. The highest BCUT2D eigenvalue weighted by Crippen LogP contribution is 2.21. The summed E-state index contributed by atoms with van der Waals surface area (Å²) in [6.07, 6.45) is 0.639. The molecule has 1 aromatic rings. The first-order chi connectivity index (χ1) is 7.59. The molecule has 84 valence electrons. The average Bonchev–Trinajstić information content (AvgIpc) is 2.20. The number of thioether (sulfide) groups is 1. The van der Waals surface area contributed by atoms with Gasteiger partial charge < -0.3 is 5.11 Å². The van der Waals surface area contributed by atoms with Crippen LogP contribution in [-0.4, -0.2) is 16.0 Å². The Balaban J connectivity index is 2.53. The Morgan fingerprint density at radius 3 is 2.94 bits per heavy atom. The Hall–Kier alpha value is -0.920. The van der Waals surface area contributed by atoms with Crippen LogP contribution in [0.25, 0.3) is 0 Å². The molecule has 0 aliphatic heterocycles. The van der Waals surface area contributed by atoms with Gasteiger partial charge in [-0.05, 0) is 18.2 Å². The molecule has 2 nitrogen and oxygen atoms in total. The van der Waals surface area contributed by atoms with Crippen LogP contribution in [0.5, 0.6) is 5.75 Å². The molecule has 4 heteroatoms. The first-order valence-electron chi connectivity index (χ1n) is 4.70. The van der Waals surface area contributed by atoms with E-state index in [-0.39, 0.29) is 10.9 Å². The number of phenols is 1. The number of aromatic hydroxyl groups is 1. The van der Waals surface area contributed by atoms with Crippen LogP contribution in [0.2, 0.25) is 0 Å². The Bertz CT molecular complexity index is 446. The van der Waals surface area contributed by atoms with Crippen molar-refractivity contribution in [3.05, 3.63) is 28.2 Å². The fraction of sp³-hybridized carbons (Fsp3) is 0.250. The third-order valence-electron chi connectivity index (χ3n) is 1.72. The molecular weight excluding hydrogens is 288 g/mol. The molecule has 0 aromatic heterocycles. The maximum atomic E-state index is 10.6. The third kappa shape index (κ3) is 4.73. The SMILES string of the molecule is CC(=O)SCCC#Cc1ccc(Br)cc1O. The maximum absolute atomic E-state index is 10.6. The van der Waals surface area contributed by atoms with Crippen LogP contribution >= 0.6 is 27.7 Å². The number of phenolic OH excluding ortho intramolecular Hbond substituents is 1. The van der Waals surface area contributed by atoms with Gasteiger partial charge in [-0.15, -0.1) is 0 Å². The summed E-state index contributed by atoms with van der Waals surface area (Å²) >= 11 is 4.52. The van der Waals surface area contributed by atoms with Gasteiger partial charge >= 0.3 is 0 Å². The van der Waals surface area contributed by atoms with Crippen molar-refractivity contribution >= 4 is 32.8 Å². The molecule has 0 radical (unpaired) electrons. The summed E-state index contributed by atoms with van der Waals surface area (Å²) in [5, 5.41) is 9.65. The predicted octanol–water partition coefficient (Wildman–Crippen LogP) is 3.18. The van der Waals surface area contributed by atoms with Gasteiger partial charge in [0.05, 0.1) is 5.56 Å². The van der Waals surface area contributed by atoms with Gasteiger partial charge in [0.1, 0.15) is 5.75 Å². The van der Waals surface area contributed by atoms with E-state index in [1.165, 1.54) is 11.8 Å². The van der Waals surface area contributed by atoms with E-state index in [1.54, 1.807) is 19.1 Å². The lowest BCUT2D eigenvalue weighted by atomic mass is 10.2. The van der Waals surface area contributed by atoms with E-state index in [1.807, 2.05) is 6.07 Å². The number of carbonyl (C=O) groups is 1. The summed E-state index contributed by atoms with van der Waals surface area (Å²) in [6, 6.07) is 5.19. The molecular formula is C12H11BrO2S. The molecule has 0 spiro atoms. The van der Waals surface area contributed by atoms with Gasteiger partial charge in [-0.2, -0.15) is 0 Å². The van der Waals surface area contributed by atoms with Crippen LogP contribution in [0.1, 0.15) is 18.9 Å². The highest BCUT2D eigenvalue weighted by molar-refractivity contribution is 9.10. The first kappa shape index (κ1) is 13.1. The van der Waals surface area contributed by atoms with E-state index in [0.717, 1.165) is 4.47 Å². The summed E-state index contributed by atoms with van der Waals surface area (Å²) in [6.45, 7) is 1.54. The normalized spacial score (nSPS) is 9.38. The Kier molecular flexibility index (Phi) is 5.44. The fourth-order valence-corrected chi connectivity index (χ4v) is 1.85. The van der Waals surface area contributed by atoms with Crippen LogP contribution in [0.4, 0.5) is 0 Å². The minimum absolute atomic E-state index is 0.105. The smallest absolute Gasteiger partial charge is 0.185 e. The molecule has 1 N–H and O–H groups in total. The second-order valence-electron chi connectivity index (χ2n) is 3.05.